The standard InChI is InChI=1S/C13H19NO3/c1-13(15)8-14(9-13)7-10-6-11(16-2)4-5-12(10)17-3/h4-6,15H,7-9H2,1-3H3. The highest BCUT2D eigenvalue weighted by Crippen LogP contribution is 2.28. The van der Waals surface area contributed by atoms with Crippen molar-refractivity contribution in [3.63, 3.8) is 0 Å². The molecule has 2 rings (SSSR count). The van der Waals surface area contributed by atoms with Crippen molar-refractivity contribution in [2.45, 2.75) is 19.1 Å². The van der Waals surface area contributed by atoms with Gasteiger partial charge in [-0.1, -0.05) is 0 Å². The smallest absolute Gasteiger partial charge is 0.123 e. The van der Waals surface area contributed by atoms with Gasteiger partial charge in [-0.25, -0.2) is 0 Å². The number of hydrogen-bond donors (Lipinski definition) is 1. The highest BCUT2D eigenvalue weighted by molar-refractivity contribution is 5.40. The van der Waals surface area contributed by atoms with Crippen molar-refractivity contribution in [2.75, 3.05) is 27.3 Å². The topological polar surface area (TPSA) is 41.9 Å². The summed E-state index contributed by atoms with van der Waals surface area (Å²) < 4.78 is 10.5. The van der Waals surface area contributed by atoms with Crippen LogP contribution in [0.5, 0.6) is 11.5 Å². The zero-order valence-corrected chi connectivity index (χ0v) is 10.6. The lowest BCUT2D eigenvalue weighted by Crippen LogP contribution is -2.59. The summed E-state index contributed by atoms with van der Waals surface area (Å²) in [5.74, 6) is 1.69. The summed E-state index contributed by atoms with van der Waals surface area (Å²) in [5.41, 5.74) is 0.550. The summed E-state index contributed by atoms with van der Waals surface area (Å²) in [5, 5.41) is 9.69. The molecule has 1 aromatic carbocycles. The van der Waals surface area contributed by atoms with Gasteiger partial charge in [-0.3, -0.25) is 4.90 Å². The first-order valence-electron chi connectivity index (χ1n) is 5.70. The summed E-state index contributed by atoms with van der Waals surface area (Å²) in [6.07, 6.45) is 0. The fourth-order valence-electron chi connectivity index (χ4n) is 2.28. The Morgan fingerprint density at radius 2 is 2.00 bits per heavy atom. The zero-order chi connectivity index (χ0) is 12.5. The predicted octanol–water partition coefficient (Wildman–Crippen LogP) is 1.27. The largest absolute Gasteiger partial charge is 0.497 e. The molecular weight excluding hydrogens is 218 g/mol. The van der Waals surface area contributed by atoms with E-state index in [4.69, 9.17) is 9.47 Å². The molecule has 0 aliphatic carbocycles. The molecule has 94 valence electrons. The number of β-amino-alcohol motifs (C(OH)–C–C–N with tert-alkyl or cyclic N) is 1. The molecule has 4 nitrogen and oxygen atoms in total. The Balaban J connectivity index is 2.08. The first-order valence-corrected chi connectivity index (χ1v) is 5.70. The van der Waals surface area contributed by atoms with Crippen LogP contribution in [0.2, 0.25) is 0 Å². The summed E-state index contributed by atoms with van der Waals surface area (Å²) >= 11 is 0. The SMILES string of the molecule is COc1ccc(OC)c(CN2CC(C)(O)C2)c1. The van der Waals surface area contributed by atoms with E-state index in [1.807, 2.05) is 25.1 Å². The number of rotatable bonds is 4. The van der Waals surface area contributed by atoms with E-state index in [0.29, 0.717) is 13.1 Å². The Morgan fingerprint density at radius 3 is 2.53 bits per heavy atom. The minimum atomic E-state index is -0.536. The molecule has 1 saturated heterocycles. The van der Waals surface area contributed by atoms with Gasteiger partial charge in [-0.15, -0.1) is 0 Å². The molecule has 0 saturated carbocycles. The van der Waals surface area contributed by atoms with E-state index in [9.17, 15) is 5.11 Å². The molecule has 4 heteroatoms. The van der Waals surface area contributed by atoms with Crippen LogP contribution in [0.3, 0.4) is 0 Å². The highest BCUT2D eigenvalue weighted by atomic mass is 16.5. The molecule has 0 atom stereocenters. The molecule has 1 N–H and O–H groups in total. The molecule has 0 bridgehead atoms. The molecule has 0 spiro atoms. The van der Waals surface area contributed by atoms with Gasteiger partial charge in [0.2, 0.25) is 0 Å². The third-order valence-corrected chi connectivity index (χ3v) is 3.01. The average molecular weight is 237 g/mol. The number of hydrogen-bond acceptors (Lipinski definition) is 4. The number of aliphatic hydroxyl groups is 1. The van der Waals surface area contributed by atoms with Crippen LogP contribution in [0.1, 0.15) is 12.5 Å². The second-order valence-electron chi connectivity index (χ2n) is 4.82. The maximum atomic E-state index is 9.69. The van der Waals surface area contributed by atoms with Gasteiger partial charge in [0.05, 0.1) is 19.8 Å². The van der Waals surface area contributed by atoms with Crippen LogP contribution in [0, 0.1) is 0 Å². The van der Waals surface area contributed by atoms with Crippen LogP contribution >= 0.6 is 0 Å². The maximum Gasteiger partial charge on any atom is 0.123 e. The Kier molecular flexibility index (Phi) is 3.26. The van der Waals surface area contributed by atoms with Gasteiger partial charge >= 0.3 is 0 Å². The van der Waals surface area contributed by atoms with E-state index in [0.717, 1.165) is 23.6 Å². The van der Waals surface area contributed by atoms with Crippen LogP contribution in [-0.4, -0.2) is 42.9 Å². The Labute approximate surface area is 102 Å². The number of ether oxygens (including phenoxy) is 2. The third-order valence-electron chi connectivity index (χ3n) is 3.01. The molecule has 0 aromatic heterocycles. The first kappa shape index (κ1) is 12.2. The Morgan fingerprint density at radius 1 is 1.29 bits per heavy atom. The molecule has 1 aliphatic rings. The minimum absolute atomic E-state index is 0.536. The van der Waals surface area contributed by atoms with Crippen molar-refractivity contribution in [1.29, 1.82) is 0 Å². The molecule has 17 heavy (non-hydrogen) atoms. The third kappa shape index (κ3) is 2.70. The second-order valence-corrected chi connectivity index (χ2v) is 4.82. The number of likely N-dealkylation sites (tertiary alicyclic amines) is 1. The maximum absolute atomic E-state index is 9.69. The number of methoxy groups -OCH3 is 2. The molecule has 1 aromatic rings. The van der Waals surface area contributed by atoms with E-state index in [-0.39, 0.29) is 0 Å². The van der Waals surface area contributed by atoms with E-state index in [1.54, 1.807) is 14.2 Å². The summed E-state index contributed by atoms with van der Waals surface area (Å²) in [6, 6.07) is 5.77. The molecule has 0 unspecified atom stereocenters. The zero-order valence-electron chi connectivity index (χ0n) is 10.6. The van der Waals surface area contributed by atoms with Crippen molar-refractivity contribution in [3.05, 3.63) is 23.8 Å². The fraction of sp³-hybridized carbons (Fsp3) is 0.538. The van der Waals surface area contributed by atoms with Gasteiger partial charge in [0.25, 0.3) is 0 Å². The summed E-state index contributed by atoms with van der Waals surface area (Å²) in [4.78, 5) is 2.18. The Bertz CT molecular complexity index is 396. The van der Waals surface area contributed by atoms with Crippen LogP contribution in [-0.2, 0) is 6.54 Å². The lowest BCUT2D eigenvalue weighted by Gasteiger charge is -2.44. The van der Waals surface area contributed by atoms with E-state index in [2.05, 4.69) is 4.90 Å². The lowest BCUT2D eigenvalue weighted by molar-refractivity contribution is -0.0873. The molecule has 1 aliphatic heterocycles. The van der Waals surface area contributed by atoms with Gasteiger partial charge in [0.1, 0.15) is 11.5 Å². The molecule has 0 radical (unpaired) electrons. The normalized spacial score (nSPS) is 18.6. The second kappa shape index (κ2) is 4.55. The van der Waals surface area contributed by atoms with E-state index >= 15 is 0 Å². The molecule has 1 heterocycles. The summed E-state index contributed by atoms with van der Waals surface area (Å²) in [6.45, 7) is 4.03. The highest BCUT2D eigenvalue weighted by Gasteiger charge is 2.36. The van der Waals surface area contributed by atoms with Gasteiger partial charge in [0.15, 0.2) is 0 Å². The van der Waals surface area contributed by atoms with Gasteiger partial charge < -0.3 is 14.6 Å². The minimum Gasteiger partial charge on any atom is -0.497 e. The van der Waals surface area contributed by atoms with Gasteiger partial charge in [0, 0.05) is 25.2 Å². The number of nitrogens with zero attached hydrogens (tertiary/aromatic N) is 1. The van der Waals surface area contributed by atoms with E-state index in [1.165, 1.54) is 0 Å². The van der Waals surface area contributed by atoms with Crippen molar-refractivity contribution < 1.29 is 14.6 Å². The van der Waals surface area contributed by atoms with Gasteiger partial charge in [-0.05, 0) is 25.1 Å². The van der Waals surface area contributed by atoms with Crippen molar-refractivity contribution in [3.8, 4) is 11.5 Å². The fourth-order valence-corrected chi connectivity index (χ4v) is 2.28. The van der Waals surface area contributed by atoms with Crippen molar-refractivity contribution in [2.24, 2.45) is 0 Å². The summed E-state index contributed by atoms with van der Waals surface area (Å²) in [7, 11) is 3.32. The van der Waals surface area contributed by atoms with Crippen LogP contribution in [0.25, 0.3) is 0 Å². The van der Waals surface area contributed by atoms with Crippen LogP contribution in [0.15, 0.2) is 18.2 Å². The molecule has 0 amide bonds. The monoisotopic (exact) mass is 237 g/mol. The first-order chi connectivity index (χ1) is 8.04. The average Bonchev–Trinajstić information content (AvgIpc) is 2.26. The molecule has 1 fully saturated rings. The lowest BCUT2D eigenvalue weighted by atomic mass is 9.96. The van der Waals surface area contributed by atoms with Crippen LogP contribution < -0.4 is 9.47 Å². The van der Waals surface area contributed by atoms with Crippen molar-refractivity contribution >= 4 is 0 Å². The Hall–Kier alpha value is -1.26. The van der Waals surface area contributed by atoms with Crippen LogP contribution in [0.4, 0.5) is 0 Å². The van der Waals surface area contributed by atoms with Gasteiger partial charge in [-0.2, -0.15) is 0 Å². The predicted molar refractivity (Wildman–Crippen MR) is 65.4 cm³/mol. The quantitative estimate of drug-likeness (QED) is 0.856. The molecular formula is C13H19NO3. The van der Waals surface area contributed by atoms with Crippen molar-refractivity contribution in [1.82, 2.24) is 4.90 Å². The number of benzene rings is 1. The van der Waals surface area contributed by atoms with E-state index < -0.39 is 5.60 Å².